The Labute approximate surface area is 411 Å². The number of hydrogen-bond acceptors (Lipinski definition) is 3. The van der Waals surface area contributed by atoms with Crippen molar-refractivity contribution in [1.82, 2.24) is 0 Å². The zero-order chi connectivity index (χ0) is 45.9. The van der Waals surface area contributed by atoms with E-state index in [4.69, 9.17) is 0 Å². The zero-order valence-corrected chi connectivity index (χ0v) is 38.9. The van der Waals surface area contributed by atoms with E-state index in [1.165, 1.54) is 98.1 Å². The van der Waals surface area contributed by atoms with Gasteiger partial charge in [-0.15, -0.1) is 11.3 Å². The maximum absolute atomic E-state index is 2.49. The minimum atomic E-state index is -0.601. The van der Waals surface area contributed by atoms with Gasteiger partial charge in [0.25, 0.3) is 0 Å². The number of rotatable bonds is 4. The van der Waals surface area contributed by atoms with Crippen molar-refractivity contribution in [3.63, 3.8) is 0 Å². The van der Waals surface area contributed by atoms with Crippen LogP contribution in [0.2, 0.25) is 0 Å². The highest BCUT2D eigenvalue weighted by Gasteiger charge is 2.50. The molecular weight excluding hydrogens is 865 g/mol. The average Bonchev–Trinajstić information content (AvgIpc) is 3.89. The van der Waals surface area contributed by atoms with E-state index in [2.05, 4.69) is 265 Å². The molecule has 1 aliphatic heterocycles. The molecular formula is C67H42N2S. The van der Waals surface area contributed by atoms with E-state index >= 15 is 0 Å². The van der Waals surface area contributed by atoms with E-state index in [0.717, 1.165) is 34.1 Å². The normalized spacial score (nSPS) is 14.6. The fourth-order valence-electron chi connectivity index (χ4n) is 12.5. The number of anilines is 6. The Morgan fingerprint density at radius 2 is 0.814 bits per heavy atom. The van der Waals surface area contributed by atoms with Gasteiger partial charge in [0.2, 0.25) is 0 Å². The lowest BCUT2D eigenvalue weighted by molar-refractivity contribution is 0.776. The minimum absolute atomic E-state index is 0.601. The van der Waals surface area contributed by atoms with Gasteiger partial charge in [0.05, 0.1) is 16.8 Å². The van der Waals surface area contributed by atoms with Crippen LogP contribution in [0.5, 0.6) is 0 Å². The Bertz CT molecular complexity index is 4090. The molecule has 0 fully saturated rings. The van der Waals surface area contributed by atoms with Crippen LogP contribution in [0.3, 0.4) is 0 Å². The number of hydrogen-bond donors (Lipinski definition) is 0. The van der Waals surface area contributed by atoms with Crippen LogP contribution in [0, 0.1) is 0 Å². The second kappa shape index (κ2) is 15.1. The number of para-hydroxylation sites is 4. The summed E-state index contributed by atoms with van der Waals surface area (Å²) >= 11 is 1.90. The van der Waals surface area contributed by atoms with Crippen molar-refractivity contribution < 1.29 is 0 Å². The summed E-state index contributed by atoms with van der Waals surface area (Å²) in [5.41, 5.74) is 23.8. The molecule has 1 unspecified atom stereocenters. The molecule has 11 aromatic carbocycles. The Hall–Kier alpha value is -8.76. The van der Waals surface area contributed by atoms with Crippen LogP contribution in [0.15, 0.2) is 255 Å². The second-order valence-corrected chi connectivity index (χ2v) is 19.8. The quantitative estimate of drug-likeness (QED) is 0.174. The van der Waals surface area contributed by atoms with E-state index in [1.54, 1.807) is 0 Å². The molecule has 0 saturated heterocycles. The summed E-state index contributed by atoms with van der Waals surface area (Å²) in [6.07, 6.45) is 0. The molecule has 2 aliphatic carbocycles. The highest BCUT2D eigenvalue weighted by molar-refractivity contribution is 7.26. The largest absolute Gasteiger partial charge is 0.310 e. The summed E-state index contributed by atoms with van der Waals surface area (Å²) in [6.45, 7) is 0. The maximum Gasteiger partial charge on any atom is 0.0725 e. The molecule has 70 heavy (non-hydrogen) atoms. The van der Waals surface area contributed by atoms with Gasteiger partial charge < -0.3 is 9.80 Å². The van der Waals surface area contributed by atoms with E-state index in [9.17, 15) is 0 Å². The first kappa shape index (κ1) is 39.3. The summed E-state index contributed by atoms with van der Waals surface area (Å²) in [4.78, 5) is 4.88. The van der Waals surface area contributed by atoms with E-state index in [-0.39, 0.29) is 0 Å². The molecule has 2 nitrogen and oxygen atoms in total. The first-order valence-corrected chi connectivity index (χ1v) is 25.0. The third-order valence-corrected chi connectivity index (χ3v) is 16.3. The van der Waals surface area contributed by atoms with Gasteiger partial charge in [0.1, 0.15) is 0 Å². The fourth-order valence-corrected chi connectivity index (χ4v) is 13.6. The van der Waals surface area contributed by atoms with Crippen molar-refractivity contribution in [3.05, 3.63) is 277 Å². The molecule has 0 radical (unpaired) electrons. The highest BCUT2D eigenvalue weighted by Crippen LogP contribution is 2.64. The van der Waals surface area contributed by atoms with E-state index in [0.29, 0.717) is 0 Å². The van der Waals surface area contributed by atoms with Gasteiger partial charge in [-0.25, -0.2) is 0 Å². The molecule has 1 aromatic heterocycles. The van der Waals surface area contributed by atoms with Crippen molar-refractivity contribution in [2.24, 2.45) is 0 Å². The average molecular weight is 907 g/mol. The maximum atomic E-state index is 2.49. The lowest BCUT2D eigenvalue weighted by Gasteiger charge is -2.36. The third kappa shape index (κ3) is 5.44. The molecule has 3 heteroatoms. The van der Waals surface area contributed by atoms with Crippen LogP contribution < -0.4 is 9.80 Å². The Balaban J connectivity index is 1.00. The molecule has 15 rings (SSSR count). The van der Waals surface area contributed by atoms with Crippen molar-refractivity contribution in [2.75, 3.05) is 9.80 Å². The molecule has 1 atom stereocenters. The predicted molar refractivity (Wildman–Crippen MR) is 295 cm³/mol. The molecule has 2 heterocycles. The van der Waals surface area contributed by atoms with E-state index < -0.39 is 5.41 Å². The summed E-state index contributed by atoms with van der Waals surface area (Å²) in [5.74, 6) is 0. The molecule has 1 spiro atoms. The first-order valence-electron chi connectivity index (χ1n) is 24.2. The predicted octanol–water partition coefficient (Wildman–Crippen LogP) is 18.7. The van der Waals surface area contributed by atoms with Crippen LogP contribution in [-0.4, -0.2) is 0 Å². The number of benzene rings is 11. The first-order chi connectivity index (χ1) is 34.8. The Morgan fingerprint density at radius 3 is 1.56 bits per heavy atom. The van der Waals surface area contributed by atoms with Crippen molar-refractivity contribution in [1.29, 1.82) is 0 Å². The van der Waals surface area contributed by atoms with E-state index in [1.807, 2.05) is 11.3 Å². The zero-order valence-electron chi connectivity index (χ0n) is 38.1. The summed E-state index contributed by atoms with van der Waals surface area (Å²) in [5, 5.41) is 2.68. The monoisotopic (exact) mass is 906 g/mol. The van der Waals surface area contributed by atoms with Gasteiger partial charge >= 0.3 is 0 Å². The van der Waals surface area contributed by atoms with Crippen LogP contribution in [0.1, 0.15) is 22.3 Å². The smallest absolute Gasteiger partial charge is 0.0725 e. The Morgan fingerprint density at radius 1 is 0.314 bits per heavy atom. The summed E-state index contributed by atoms with van der Waals surface area (Å²) in [7, 11) is 0. The molecule has 326 valence electrons. The number of fused-ring (bicyclic) bond motifs is 21. The molecule has 0 saturated carbocycles. The topological polar surface area (TPSA) is 6.48 Å². The summed E-state index contributed by atoms with van der Waals surface area (Å²) < 4.78 is 2.65. The minimum Gasteiger partial charge on any atom is -0.310 e. The molecule has 3 aliphatic rings. The van der Waals surface area contributed by atoms with Gasteiger partial charge in [0, 0.05) is 54.0 Å². The summed E-state index contributed by atoms with van der Waals surface area (Å²) in [6, 6.07) is 95.1. The van der Waals surface area contributed by atoms with Crippen molar-refractivity contribution in [3.8, 4) is 55.6 Å². The second-order valence-electron chi connectivity index (χ2n) is 18.7. The van der Waals surface area contributed by atoms with Crippen molar-refractivity contribution >= 4 is 65.6 Å². The lowest BCUT2D eigenvalue weighted by Crippen LogP contribution is -2.29. The molecule has 0 amide bonds. The standard InChI is InChI=1S/C67H42N2S/c1-3-19-43(20-4-1)68(45-35-37-49-51-26-11-16-32-61(51)69(44-21-5-2-6-22-44)62-33-17-12-27-52(62)55(49)41-45)46-36-38-59-56(42-46)48-24-8-7-23-47(48)50-25-9-14-30-57(50)67(59)58-31-15-10-28-53(58)65-60(67)39-40-64-66(65)54-29-13-18-34-63(54)70-64/h1-42H. The van der Waals surface area contributed by atoms with Gasteiger partial charge in [0.15, 0.2) is 0 Å². The Kier molecular flexibility index (Phi) is 8.48. The van der Waals surface area contributed by atoms with Crippen LogP contribution in [0.4, 0.5) is 34.1 Å². The van der Waals surface area contributed by atoms with Gasteiger partial charge in [-0.2, -0.15) is 0 Å². The highest BCUT2D eigenvalue weighted by atomic mass is 32.1. The van der Waals surface area contributed by atoms with Crippen LogP contribution in [-0.2, 0) is 5.41 Å². The number of thiophene rings is 1. The van der Waals surface area contributed by atoms with Crippen LogP contribution >= 0.6 is 11.3 Å². The molecule has 0 N–H and O–H groups in total. The van der Waals surface area contributed by atoms with Crippen molar-refractivity contribution in [2.45, 2.75) is 5.41 Å². The fraction of sp³-hybridized carbons (Fsp3) is 0.0149. The SMILES string of the molecule is c1ccc(N(c2ccc3c(c2)-c2ccccc2N(c2ccccc2)c2ccccc2-3)c2ccc3c(c2)-c2ccccc2-c2ccccc2C32c3ccccc3-c3c2ccc2sc4ccccc4c32)cc1. The lowest BCUT2D eigenvalue weighted by atomic mass is 9.66. The van der Waals surface area contributed by atoms with Gasteiger partial charge in [-0.3, -0.25) is 0 Å². The third-order valence-electron chi connectivity index (χ3n) is 15.2. The van der Waals surface area contributed by atoms with Crippen LogP contribution in [0.25, 0.3) is 75.8 Å². The molecule has 0 bridgehead atoms. The molecule has 12 aromatic rings. The van der Waals surface area contributed by atoms with Gasteiger partial charge in [-0.1, -0.05) is 182 Å². The number of nitrogens with zero attached hydrogens (tertiary/aromatic N) is 2. The van der Waals surface area contributed by atoms with Gasteiger partial charge in [-0.05, 0) is 140 Å².